The predicted molar refractivity (Wildman–Crippen MR) is 41.9 cm³/mol. The van der Waals surface area contributed by atoms with Crippen molar-refractivity contribution in [1.29, 1.82) is 0 Å². The summed E-state index contributed by atoms with van der Waals surface area (Å²) < 4.78 is 0. The fourth-order valence-corrected chi connectivity index (χ4v) is 0.604. The first-order chi connectivity index (χ1) is 4.41. The highest BCUT2D eigenvalue weighted by molar-refractivity contribution is 4.97. The fraction of sp³-hybridized carbons (Fsp3) is 0.667. The van der Waals surface area contributed by atoms with Gasteiger partial charge in [-0.25, -0.2) is 0 Å². The molecule has 0 atom stereocenters. The van der Waals surface area contributed by atoms with Crippen LogP contribution in [0.25, 0.3) is 0 Å². The van der Waals surface area contributed by atoms with E-state index in [4.69, 9.17) is 0 Å². The largest absolute Gasteiger partial charge is 0.104 e. The molecule has 0 nitrogen and oxygen atoms in total. The third kappa shape index (κ3) is 7.56. The van der Waals surface area contributed by atoms with Crippen molar-refractivity contribution in [2.45, 2.75) is 39.0 Å². The first kappa shape index (κ1) is 8.56. The number of unbranched alkanes of at least 4 members (excludes halogenated alkanes) is 3. The molecule has 51 valence electrons. The Labute approximate surface area is 58.7 Å². The van der Waals surface area contributed by atoms with Gasteiger partial charge in [-0.15, -0.1) is 11.8 Å². The molecule has 0 aliphatic carbocycles. The Morgan fingerprint density at radius 2 is 2.00 bits per heavy atom. The van der Waals surface area contributed by atoms with Gasteiger partial charge in [0.1, 0.15) is 0 Å². The predicted octanol–water partition coefficient (Wildman–Crippen LogP) is 2.79. The molecule has 0 rings (SSSR count). The van der Waals surface area contributed by atoms with E-state index in [-0.39, 0.29) is 0 Å². The molecular weight excluding hydrogens is 108 g/mol. The SMILES string of the molecule is [CH2]CCCCC#CCC. The molecule has 0 amide bonds. The van der Waals surface area contributed by atoms with Gasteiger partial charge < -0.3 is 0 Å². The first-order valence-corrected chi connectivity index (χ1v) is 3.66. The van der Waals surface area contributed by atoms with Crippen molar-refractivity contribution in [3.05, 3.63) is 6.92 Å². The molecule has 1 radical (unpaired) electrons. The smallest absolute Gasteiger partial charge is 0.00886 e. The summed E-state index contributed by atoms with van der Waals surface area (Å²) in [4.78, 5) is 0. The zero-order chi connectivity index (χ0) is 6.95. The van der Waals surface area contributed by atoms with Gasteiger partial charge in [-0.05, 0) is 6.42 Å². The minimum atomic E-state index is 0.990. The van der Waals surface area contributed by atoms with Gasteiger partial charge in [-0.1, -0.05) is 26.7 Å². The third-order valence-electron chi connectivity index (χ3n) is 1.10. The van der Waals surface area contributed by atoms with Crippen LogP contribution in [0, 0.1) is 18.8 Å². The first-order valence-electron chi connectivity index (χ1n) is 3.66. The lowest BCUT2D eigenvalue weighted by atomic mass is 10.2. The molecule has 0 aromatic heterocycles. The van der Waals surface area contributed by atoms with Gasteiger partial charge in [0, 0.05) is 12.8 Å². The van der Waals surface area contributed by atoms with E-state index in [9.17, 15) is 0 Å². The van der Waals surface area contributed by atoms with E-state index in [1.165, 1.54) is 12.8 Å². The average Bonchev–Trinajstić information content (AvgIpc) is 1.89. The molecule has 0 saturated heterocycles. The summed E-state index contributed by atoms with van der Waals surface area (Å²) in [7, 11) is 0. The van der Waals surface area contributed by atoms with E-state index in [2.05, 4.69) is 25.7 Å². The molecule has 0 bridgehead atoms. The van der Waals surface area contributed by atoms with Crippen molar-refractivity contribution < 1.29 is 0 Å². The molecule has 0 fully saturated rings. The van der Waals surface area contributed by atoms with Crippen molar-refractivity contribution in [1.82, 2.24) is 0 Å². The molecule has 0 aliphatic rings. The Bertz CT molecular complexity index is 92.3. The maximum absolute atomic E-state index is 3.76. The highest BCUT2D eigenvalue weighted by atomic mass is 13.8. The van der Waals surface area contributed by atoms with Crippen LogP contribution in [0.5, 0.6) is 0 Å². The van der Waals surface area contributed by atoms with Crippen LogP contribution in [-0.4, -0.2) is 0 Å². The van der Waals surface area contributed by atoms with Gasteiger partial charge in [0.05, 0.1) is 0 Å². The van der Waals surface area contributed by atoms with E-state index < -0.39 is 0 Å². The van der Waals surface area contributed by atoms with Gasteiger partial charge in [0.25, 0.3) is 0 Å². The Balaban J connectivity index is 2.90. The van der Waals surface area contributed by atoms with Crippen LogP contribution < -0.4 is 0 Å². The average molecular weight is 123 g/mol. The second-order valence-electron chi connectivity index (χ2n) is 2.02. The van der Waals surface area contributed by atoms with Crippen LogP contribution in [0.3, 0.4) is 0 Å². The van der Waals surface area contributed by atoms with E-state index in [0.29, 0.717) is 0 Å². The monoisotopic (exact) mass is 123 g/mol. The minimum absolute atomic E-state index is 0.990. The molecule has 0 aromatic carbocycles. The summed E-state index contributed by atoms with van der Waals surface area (Å²) >= 11 is 0. The van der Waals surface area contributed by atoms with Gasteiger partial charge in [-0.2, -0.15) is 0 Å². The van der Waals surface area contributed by atoms with Crippen LogP contribution in [-0.2, 0) is 0 Å². The Kier molecular flexibility index (Phi) is 7.19. The lowest BCUT2D eigenvalue weighted by Crippen LogP contribution is -1.70. The second-order valence-corrected chi connectivity index (χ2v) is 2.02. The molecule has 0 heterocycles. The fourth-order valence-electron chi connectivity index (χ4n) is 0.604. The molecule has 0 N–H and O–H groups in total. The van der Waals surface area contributed by atoms with Crippen LogP contribution in [0.1, 0.15) is 39.0 Å². The highest BCUT2D eigenvalue weighted by Gasteiger charge is 1.79. The lowest BCUT2D eigenvalue weighted by Gasteiger charge is -1.87. The Morgan fingerprint density at radius 1 is 1.22 bits per heavy atom. The molecule has 0 unspecified atom stereocenters. The summed E-state index contributed by atoms with van der Waals surface area (Å²) in [6.07, 6.45) is 5.54. The summed E-state index contributed by atoms with van der Waals surface area (Å²) in [5.41, 5.74) is 0. The molecule has 0 spiro atoms. The second kappa shape index (κ2) is 7.56. The van der Waals surface area contributed by atoms with E-state index in [0.717, 1.165) is 19.3 Å². The van der Waals surface area contributed by atoms with Crippen molar-refractivity contribution >= 4 is 0 Å². The number of rotatable bonds is 3. The van der Waals surface area contributed by atoms with Crippen LogP contribution >= 0.6 is 0 Å². The molecule has 0 aromatic rings. The third-order valence-corrected chi connectivity index (χ3v) is 1.10. The van der Waals surface area contributed by atoms with Crippen molar-refractivity contribution in [3.63, 3.8) is 0 Å². The summed E-state index contributed by atoms with van der Waals surface area (Å²) in [6, 6.07) is 0. The van der Waals surface area contributed by atoms with Crippen LogP contribution in [0.15, 0.2) is 0 Å². The molecule has 0 aliphatic heterocycles. The van der Waals surface area contributed by atoms with Gasteiger partial charge >= 0.3 is 0 Å². The zero-order valence-electron chi connectivity index (χ0n) is 6.24. The Morgan fingerprint density at radius 3 is 2.56 bits per heavy atom. The molecule has 9 heavy (non-hydrogen) atoms. The van der Waals surface area contributed by atoms with E-state index in [1.54, 1.807) is 0 Å². The van der Waals surface area contributed by atoms with Gasteiger partial charge in [0.2, 0.25) is 0 Å². The van der Waals surface area contributed by atoms with Gasteiger partial charge in [0.15, 0.2) is 0 Å². The van der Waals surface area contributed by atoms with Crippen molar-refractivity contribution in [2.24, 2.45) is 0 Å². The van der Waals surface area contributed by atoms with Crippen LogP contribution in [0.2, 0.25) is 0 Å². The Hall–Kier alpha value is -0.440. The van der Waals surface area contributed by atoms with Gasteiger partial charge in [-0.3, -0.25) is 0 Å². The molecule has 0 heteroatoms. The zero-order valence-corrected chi connectivity index (χ0v) is 6.24. The lowest BCUT2D eigenvalue weighted by molar-refractivity contribution is 0.770. The van der Waals surface area contributed by atoms with E-state index >= 15 is 0 Å². The maximum Gasteiger partial charge on any atom is 0.00886 e. The van der Waals surface area contributed by atoms with Crippen molar-refractivity contribution in [2.75, 3.05) is 0 Å². The summed E-state index contributed by atoms with van der Waals surface area (Å²) in [6.45, 7) is 5.83. The maximum atomic E-state index is 3.76. The standard InChI is InChI=1S/C9H15/c1-3-5-7-9-8-6-4-2/h1,3-5,7,9H2,2H3. The summed E-state index contributed by atoms with van der Waals surface area (Å²) in [5, 5.41) is 0. The number of hydrogen-bond donors (Lipinski definition) is 0. The quantitative estimate of drug-likeness (QED) is 0.400. The highest BCUT2D eigenvalue weighted by Crippen LogP contribution is 1.96. The van der Waals surface area contributed by atoms with Crippen LogP contribution in [0.4, 0.5) is 0 Å². The topological polar surface area (TPSA) is 0 Å². The molecule has 0 saturated carbocycles. The van der Waals surface area contributed by atoms with E-state index in [1.807, 2.05) is 0 Å². The normalized spacial score (nSPS) is 8.22. The number of hydrogen-bond acceptors (Lipinski definition) is 0. The molecular formula is C9H15. The van der Waals surface area contributed by atoms with Crippen molar-refractivity contribution in [3.8, 4) is 11.8 Å². The summed E-state index contributed by atoms with van der Waals surface area (Å²) in [5.74, 6) is 6.13. The minimum Gasteiger partial charge on any atom is -0.104 e.